The number of anilines is 1. The molecule has 7 heteroatoms. The molecule has 0 bridgehead atoms. The summed E-state index contributed by atoms with van der Waals surface area (Å²) in [5.41, 5.74) is 2.45. The number of carbonyl (C=O) groups is 2. The van der Waals surface area contributed by atoms with E-state index in [0.717, 1.165) is 33.7 Å². The molecule has 3 rings (SSSR count). The first-order chi connectivity index (χ1) is 14.1. The van der Waals surface area contributed by atoms with Crippen molar-refractivity contribution in [3.05, 3.63) is 72.5 Å². The van der Waals surface area contributed by atoms with Gasteiger partial charge in [0.2, 0.25) is 0 Å². The molecule has 29 heavy (non-hydrogen) atoms. The second kappa shape index (κ2) is 10.3. The van der Waals surface area contributed by atoms with Gasteiger partial charge in [0.1, 0.15) is 5.76 Å². The van der Waals surface area contributed by atoms with Crippen molar-refractivity contribution in [2.24, 2.45) is 0 Å². The van der Waals surface area contributed by atoms with Gasteiger partial charge in [-0.1, -0.05) is 23.9 Å². The molecule has 0 atom stereocenters. The van der Waals surface area contributed by atoms with E-state index in [4.69, 9.17) is 4.42 Å². The van der Waals surface area contributed by atoms with E-state index < -0.39 is 0 Å². The molecule has 1 aromatic heterocycles. The lowest BCUT2D eigenvalue weighted by molar-refractivity contribution is -0.109. The Morgan fingerprint density at radius 2 is 1.76 bits per heavy atom. The Balaban J connectivity index is 1.69. The second-order valence-electron chi connectivity index (χ2n) is 6.17. The average molecular weight is 428 g/mol. The summed E-state index contributed by atoms with van der Waals surface area (Å²) < 4.78 is 7.38. The molecule has 0 spiro atoms. The van der Waals surface area contributed by atoms with Crippen molar-refractivity contribution in [1.29, 1.82) is 0 Å². The van der Waals surface area contributed by atoms with Gasteiger partial charge >= 0.3 is 0 Å². The monoisotopic (exact) mass is 427 g/mol. The van der Waals surface area contributed by atoms with E-state index in [-0.39, 0.29) is 23.3 Å². The molecule has 0 fully saturated rings. The van der Waals surface area contributed by atoms with Crippen LogP contribution in [0.5, 0.6) is 0 Å². The zero-order valence-electron chi connectivity index (χ0n) is 15.9. The van der Waals surface area contributed by atoms with Crippen molar-refractivity contribution < 1.29 is 19.1 Å². The first kappa shape index (κ1) is 21.2. The minimum absolute atomic E-state index is 0.00735. The summed E-state index contributed by atoms with van der Waals surface area (Å²) in [6.45, 7) is 1.90. The van der Waals surface area contributed by atoms with Gasteiger partial charge in [0.15, 0.2) is 10.9 Å². The number of aliphatic hydroxyl groups is 1. The Labute approximate surface area is 178 Å². The molecule has 0 saturated carbocycles. The maximum absolute atomic E-state index is 12.1. The maximum atomic E-state index is 12.1. The van der Waals surface area contributed by atoms with E-state index in [1.807, 2.05) is 52.8 Å². The second-order valence-corrected chi connectivity index (χ2v) is 8.42. The molecule has 0 unspecified atom stereocenters. The van der Waals surface area contributed by atoms with E-state index >= 15 is 0 Å². The van der Waals surface area contributed by atoms with Crippen LogP contribution in [0.25, 0.3) is 11.3 Å². The fourth-order valence-corrected chi connectivity index (χ4v) is 4.05. The van der Waals surface area contributed by atoms with Crippen LogP contribution in [0.15, 0.2) is 76.2 Å². The van der Waals surface area contributed by atoms with E-state index in [0.29, 0.717) is 12.1 Å². The van der Waals surface area contributed by atoms with Crippen LogP contribution in [-0.2, 0) is 4.79 Å². The summed E-state index contributed by atoms with van der Waals surface area (Å²) in [6, 6.07) is 19.0. The summed E-state index contributed by atoms with van der Waals surface area (Å²) in [4.78, 5) is 24.2. The number of carbonyl (C=O) groups excluding carboxylic acids is 2. The maximum Gasteiger partial charge on any atom is 0.186 e. The van der Waals surface area contributed by atoms with Crippen molar-refractivity contribution in [1.82, 2.24) is 0 Å². The van der Waals surface area contributed by atoms with Crippen molar-refractivity contribution in [2.75, 3.05) is 23.2 Å². The molecule has 2 aromatic carbocycles. The van der Waals surface area contributed by atoms with Gasteiger partial charge in [-0.15, -0.1) is 0 Å². The molecule has 0 aliphatic heterocycles. The number of aliphatic hydroxyl groups excluding tert-OH is 1. The zero-order valence-corrected chi connectivity index (χ0v) is 17.5. The van der Waals surface area contributed by atoms with Crippen LogP contribution in [0, 0.1) is 0 Å². The molecule has 0 saturated heterocycles. The van der Waals surface area contributed by atoms with Gasteiger partial charge in [-0.25, -0.2) is 0 Å². The highest BCUT2D eigenvalue weighted by molar-refractivity contribution is 8.14. The number of rotatable bonds is 9. The predicted molar refractivity (Wildman–Crippen MR) is 118 cm³/mol. The number of ketones is 1. The number of furan rings is 1. The molecule has 0 aliphatic carbocycles. The molecule has 1 heterocycles. The summed E-state index contributed by atoms with van der Waals surface area (Å²) in [5.74, 6) is 0.884. The van der Waals surface area contributed by atoms with Gasteiger partial charge in [0.25, 0.3) is 0 Å². The first-order valence-electron chi connectivity index (χ1n) is 9.04. The van der Waals surface area contributed by atoms with Gasteiger partial charge in [-0.05, 0) is 60.5 Å². The Morgan fingerprint density at radius 3 is 2.34 bits per heavy atom. The average Bonchev–Trinajstić information content (AvgIpc) is 3.27. The molecule has 0 radical (unpaired) electrons. The normalized spacial score (nSPS) is 10.7. The fraction of sp³-hybridized carbons (Fsp3) is 0.182. The molecular formula is C22H21NO4S2. The van der Waals surface area contributed by atoms with Gasteiger partial charge in [-0.3, -0.25) is 9.59 Å². The lowest BCUT2D eigenvalue weighted by atomic mass is 10.1. The smallest absolute Gasteiger partial charge is 0.186 e. The number of hydrogen-bond donors (Lipinski definition) is 1. The van der Waals surface area contributed by atoms with Crippen molar-refractivity contribution in [3.8, 4) is 11.3 Å². The number of nitrogens with zero attached hydrogens (tertiary/aromatic N) is 1. The number of hydrogen-bond acceptors (Lipinski definition) is 7. The van der Waals surface area contributed by atoms with Gasteiger partial charge < -0.3 is 13.8 Å². The molecule has 5 nitrogen and oxygen atoms in total. The number of benzene rings is 2. The van der Waals surface area contributed by atoms with Crippen LogP contribution in [0.2, 0.25) is 0 Å². The summed E-state index contributed by atoms with van der Waals surface area (Å²) >= 11 is 2.52. The van der Waals surface area contributed by atoms with E-state index in [1.54, 1.807) is 18.4 Å². The van der Waals surface area contributed by atoms with Crippen molar-refractivity contribution in [2.45, 2.75) is 11.8 Å². The van der Waals surface area contributed by atoms with Crippen LogP contribution >= 0.6 is 23.7 Å². The minimum atomic E-state index is -0.0772. The Bertz CT molecular complexity index is 938. The third-order valence-corrected chi connectivity index (χ3v) is 5.97. The highest BCUT2D eigenvalue weighted by Crippen LogP contribution is 2.31. The number of Topliss-reactive ketones (excluding diaryl/α,β-unsaturated/α-hetero) is 1. The van der Waals surface area contributed by atoms with Crippen LogP contribution in [0.1, 0.15) is 17.3 Å². The van der Waals surface area contributed by atoms with E-state index in [2.05, 4.69) is 0 Å². The topological polar surface area (TPSA) is 70.8 Å². The third kappa shape index (κ3) is 6.00. The van der Waals surface area contributed by atoms with E-state index in [9.17, 15) is 14.7 Å². The highest BCUT2D eigenvalue weighted by atomic mass is 32.2. The SMILES string of the molecule is CC(=O)SCC(=O)c1ccc(N(CCO)Sc2ccc(-c3ccco3)cc2)cc1. The molecule has 1 N–H and O–H groups in total. The van der Waals surface area contributed by atoms with Crippen LogP contribution in [0.3, 0.4) is 0 Å². The van der Waals surface area contributed by atoms with E-state index in [1.165, 1.54) is 18.9 Å². The van der Waals surface area contributed by atoms with Crippen molar-refractivity contribution in [3.63, 3.8) is 0 Å². The Kier molecular flexibility index (Phi) is 7.57. The Hall–Kier alpha value is -2.48. The van der Waals surface area contributed by atoms with Gasteiger partial charge in [0, 0.05) is 28.6 Å². The minimum Gasteiger partial charge on any atom is -0.464 e. The van der Waals surface area contributed by atoms with Crippen molar-refractivity contribution >= 4 is 40.3 Å². The lowest BCUT2D eigenvalue weighted by Crippen LogP contribution is -2.18. The summed E-state index contributed by atoms with van der Waals surface area (Å²) in [6.07, 6.45) is 1.65. The third-order valence-electron chi connectivity index (χ3n) is 4.06. The summed E-state index contributed by atoms with van der Waals surface area (Å²) in [5, 5.41) is 9.38. The quantitative estimate of drug-likeness (QED) is 0.384. The fourth-order valence-electron chi connectivity index (χ4n) is 2.63. The molecule has 0 aliphatic rings. The zero-order chi connectivity index (χ0) is 20.6. The molecular weight excluding hydrogens is 406 g/mol. The highest BCUT2D eigenvalue weighted by Gasteiger charge is 2.12. The largest absolute Gasteiger partial charge is 0.464 e. The Morgan fingerprint density at radius 1 is 1.03 bits per heavy atom. The van der Waals surface area contributed by atoms with Crippen LogP contribution in [0.4, 0.5) is 5.69 Å². The molecule has 150 valence electrons. The first-order valence-corrected chi connectivity index (χ1v) is 10.8. The van der Waals surface area contributed by atoms with Gasteiger partial charge in [-0.2, -0.15) is 0 Å². The molecule has 0 amide bonds. The predicted octanol–water partition coefficient (Wildman–Crippen LogP) is 4.92. The van der Waals surface area contributed by atoms with Crippen LogP contribution in [-0.4, -0.2) is 34.9 Å². The molecule has 3 aromatic rings. The lowest BCUT2D eigenvalue weighted by Gasteiger charge is -2.22. The standard InChI is InChI=1S/C22H21NO4S2/c1-16(25)28-15-21(26)17-4-8-19(9-5-17)23(12-13-24)29-20-10-6-18(7-11-20)22-3-2-14-27-22/h2-11,14,24H,12-13,15H2,1H3. The van der Waals surface area contributed by atoms with Crippen LogP contribution < -0.4 is 4.31 Å². The number of thioether (sulfide) groups is 1. The van der Waals surface area contributed by atoms with Gasteiger partial charge in [0.05, 0.1) is 25.2 Å². The summed E-state index contributed by atoms with van der Waals surface area (Å²) in [7, 11) is 0.